The average molecular weight is 440 g/mol. The molecule has 0 bridgehead atoms. The quantitative estimate of drug-likeness (QED) is 0.207. The maximum atomic E-state index is 10.6. The minimum atomic E-state index is -3.67. The first-order valence-corrected chi connectivity index (χ1v) is 6.99. The van der Waals surface area contributed by atoms with Crippen molar-refractivity contribution in [3.63, 3.8) is 0 Å². The SMILES string of the molecule is CCOC(=O)[C@@H]1[CH-]C1.CCOC(=O)[C@H]1[CH-]C1.FB(F)F.FB(F)F.[K+].[K+]. The Morgan fingerprint density at radius 2 is 1.00 bits per heavy atom. The van der Waals surface area contributed by atoms with Crippen molar-refractivity contribution in [1.82, 2.24) is 0 Å². The topological polar surface area (TPSA) is 52.6 Å². The molecule has 0 amide bonds. The number of ether oxygens (including phenoxy) is 2. The van der Waals surface area contributed by atoms with Crippen molar-refractivity contribution in [2.45, 2.75) is 26.7 Å². The van der Waals surface area contributed by atoms with Gasteiger partial charge in [0.1, 0.15) is 0 Å². The van der Waals surface area contributed by atoms with E-state index in [9.17, 15) is 35.5 Å². The molecular weight excluding hydrogens is 422 g/mol. The normalized spacial score (nSPS) is 17.4. The molecule has 140 valence electrons. The third-order valence-corrected chi connectivity index (χ3v) is 2.12. The Hall–Kier alpha value is 1.92. The Morgan fingerprint density at radius 3 is 1.12 bits per heavy atom. The summed E-state index contributed by atoms with van der Waals surface area (Å²) in [4.78, 5) is 21.1. The maximum absolute atomic E-state index is 10.6. The third-order valence-electron chi connectivity index (χ3n) is 2.12. The van der Waals surface area contributed by atoms with E-state index in [0.717, 1.165) is 12.8 Å². The van der Waals surface area contributed by atoms with Gasteiger partial charge in [-0.05, 0) is 13.8 Å². The van der Waals surface area contributed by atoms with Crippen LogP contribution in [0.2, 0.25) is 0 Å². The molecule has 26 heavy (non-hydrogen) atoms. The molecule has 2 aliphatic rings. The fraction of sp³-hybridized carbons (Fsp3) is 0.667. The molecule has 0 radical (unpaired) electrons. The molecule has 2 aliphatic carbocycles. The zero-order chi connectivity index (χ0) is 19.1. The zero-order valence-corrected chi connectivity index (χ0v) is 21.4. The molecule has 2 atom stereocenters. The second-order valence-corrected chi connectivity index (χ2v) is 4.15. The Morgan fingerprint density at radius 1 is 0.808 bits per heavy atom. The van der Waals surface area contributed by atoms with Crippen LogP contribution in [0.25, 0.3) is 0 Å². The second kappa shape index (κ2) is 23.2. The van der Waals surface area contributed by atoms with Gasteiger partial charge in [-0.1, -0.05) is 11.8 Å². The first-order chi connectivity index (χ1) is 11.1. The van der Waals surface area contributed by atoms with E-state index in [2.05, 4.69) is 0 Å². The van der Waals surface area contributed by atoms with Gasteiger partial charge in [0.05, 0.1) is 13.2 Å². The Balaban J connectivity index is -0.000000128. The van der Waals surface area contributed by atoms with Crippen LogP contribution in [0.1, 0.15) is 26.7 Å². The van der Waals surface area contributed by atoms with Crippen molar-refractivity contribution in [2.75, 3.05) is 13.2 Å². The number of hydrogen-bond acceptors (Lipinski definition) is 4. The largest absolute Gasteiger partial charge is 1.00 e. The van der Waals surface area contributed by atoms with Gasteiger partial charge < -0.3 is 22.3 Å². The molecule has 0 aromatic heterocycles. The molecule has 0 aromatic carbocycles. The summed E-state index contributed by atoms with van der Waals surface area (Å²) in [6.07, 6.45) is 5.72. The minimum absolute atomic E-state index is 0. The van der Waals surface area contributed by atoms with Gasteiger partial charge in [0.2, 0.25) is 0 Å². The van der Waals surface area contributed by atoms with Gasteiger partial charge in [-0.3, -0.25) is 35.5 Å². The van der Waals surface area contributed by atoms with Crippen LogP contribution in [0.5, 0.6) is 0 Å². The molecular formula is C12H18B2F6K2O4. The van der Waals surface area contributed by atoms with Gasteiger partial charge in [0.25, 0.3) is 11.9 Å². The average Bonchev–Trinajstić information content (AvgIpc) is 3.28. The number of esters is 2. The van der Waals surface area contributed by atoms with Crippen LogP contribution in [0.4, 0.5) is 25.9 Å². The summed E-state index contributed by atoms with van der Waals surface area (Å²) < 4.78 is 67.4. The smallest absolute Gasteiger partial charge is 0.468 e. The van der Waals surface area contributed by atoms with Crippen molar-refractivity contribution in [3.8, 4) is 0 Å². The van der Waals surface area contributed by atoms with Crippen molar-refractivity contribution >= 4 is 27.0 Å². The van der Waals surface area contributed by atoms with Gasteiger partial charge in [0.15, 0.2) is 0 Å². The summed E-state index contributed by atoms with van der Waals surface area (Å²) in [5.74, 6) is 0.143. The number of halogens is 6. The number of hydrogen-bond donors (Lipinski definition) is 0. The summed E-state index contributed by atoms with van der Waals surface area (Å²) in [6, 6.07) is 0. The number of carbonyl (C=O) groups is 2. The van der Waals surface area contributed by atoms with Crippen LogP contribution in [0.15, 0.2) is 0 Å². The van der Waals surface area contributed by atoms with Crippen LogP contribution in [-0.2, 0) is 19.1 Å². The summed E-state index contributed by atoms with van der Waals surface area (Å²) in [5, 5.41) is 0. The van der Waals surface area contributed by atoms with E-state index in [-0.39, 0.29) is 127 Å². The fourth-order valence-corrected chi connectivity index (χ4v) is 1.02. The Kier molecular flexibility index (Phi) is 31.6. The maximum Gasteiger partial charge on any atom is 1.00 e. The van der Waals surface area contributed by atoms with Gasteiger partial charge in [-0.15, -0.1) is 0 Å². The van der Waals surface area contributed by atoms with Gasteiger partial charge in [-0.2, -0.15) is 12.8 Å². The van der Waals surface area contributed by atoms with E-state index in [0.29, 0.717) is 13.2 Å². The minimum Gasteiger partial charge on any atom is -0.468 e. The molecule has 0 saturated heterocycles. The third kappa shape index (κ3) is 33.5. The van der Waals surface area contributed by atoms with Crippen LogP contribution in [-0.4, -0.2) is 40.2 Å². The van der Waals surface area contributed by atoms with E-state index in [1.165, 1.54) is 0 Å². The molecule has 0 aromatic rings. The fourth-order valence-electron chi connectivity index (χ4n) is 1.02. The molecule has 0 aliphatic heterocycles. The summed E-state index contributed by atoms with van der Waals surface area (Å²) >= 11 is 0. The Labute approximate surface area is 235 Å². The van der Waals surface area contributed by atoms with Crippen LogP contribution >= 0.6 is 0 Å². The Bertz CT molecular complexity index is 314. The summed E-state index contributed by atoms with van der Waals surface area (Å²) in [7, 11) is -7.33. The number of rotatable bonds is 4. The summed E-state index contributed by atoms with van der Waals surface area (Å²) in [5.41, 5.74) is 0. The first kappa shape index (κ1) is 35.4. The van der Waals surface area contributed by atoms with Gasteiger partial charge in [-0.25, -0.2) is 0 Å². The van der Waals surface area contributed by atoms with Gasteiger partial charge >= 0.3 is 118 Å². The van der Waals surface area contributed by atoms with E-state index in [1.807, 2.05) is 26.7 Å². The van der Waals surface area contributed by atoms with E-state index in [1.54, 1.807) is 0 Å². The standard InChI is InChI=1S/2C6H9O2.2BF3.2K/c2*1-2-8-6(7)5-3-4-5;2*2-1(3)4;;/h2*3,5H,2,4H2,1H3;;;;/q2*-1;;;2*+1/t2*5-;;;;/m10..../s1. The summed E-state index contributed by atoms with van der Waals surface area (Å²) in [6.45, 7) is 4.65. The van der Waals surface area contributed by atoms with Crippen molar-refractivity contribution in [1.29, 1.82) is 0 Å². The molecule has 0 heterocycles. The molecule has 0 unspecified atom stereocenters. The molecule has 0 spiro atoms. The molecule has 4 nitrogen and oxygen atoms in total. The molecule has 14 heteroatoms. The van der Waals surface area contributed by atoms with Crippen molar-refractivity contribution < 1.29 is 148 Å². The first-order valence-electron chi connectivity index (χ1n) is 6.99. The van der Waals surface area contributed by atoms with E-state index < -0.39 is 15.1 Å². The van der Waals surface area contributed by atoms with Crippen LogP contribution in [0.3, 0.4) is 0 Å². The van der Waals surface area contributed by atoms with Crippen molar-refractivity contribution in [2.24, 2.45) is 11.8 Å². The van der Waals surface area contributed by atoms with Crippen LogP contribution in [0, 0.1) is 24.7 Å². The van der Waals surface area contributed by atoms with Crippen LogP contribution < -0.4 is 103 Å². The molecule has 2 saturated carbocycles. The number of carbonyl (C=O) groups excluding carboxylic acids is 2. The molecule has 2 rings (SSSR count). The molecule has 0 N–H and O–H groups in total. The second-order valence-electron chi connectivity index (χ2n) is 4.15. The predicted molar refractivity (Wildman–Crippen MR) is 76.2 cm³/mol. The predicted octanol–water partition coefficient (Wildman–Crippen LogP) is -2.69. The van der Waals surface area contributed by atoms with Crippen molar-refractivity contribution in [3.05, 3.63) is 12.8 Å². The zero-order valence-electron chi connectivity index (χ0n) is 15.2. The molecule has 2 fully saturated rings. The van der Waals surface area contributed by atoms with E-state index in [4.69, 9.17) is 9.47 Å². The van der Waals surface area contributed by atoms with Gasteiger partial charge in [0, 0.05) is 0 Å². The monoisotopic (exact) mass is 440 g/mol. The van der Waals surface area contributed by atoms with E-state index >= 15 is 0 Å².